The highest BCUT2D eigenvalue weighted by Gasteiger charge is 2.54. The lowest BCUT2D eigenvalue weighted by Crippen LogP contribution is -2.75. The number of benzene rings is 3. The number of β-lactam (4-membered cyclic amide) rings is 1. The molecule has 0 aromatic heterocycles. The molecule has 3 aromatic rings. The number of carbonyl (C=O) groups excluding carboxylic acids is 4. The number of rotatable bonds is 15. The lowest BCUT2D eigenvalue weighted by molar-refractivity contribution is -0.221. The quantitative estimate of drug-likeness (QED) is 0.154. The van der Waals surface area contributed by atoms with Crippen LogP contribution in [0.4, 0.5) is 0 Å². The Morgan fingerprint density at radius 2 is 1.36 bits per heavy atom. The Balaban J connectivity index is 1.30. The molecule has 1 fully saturated rings. The van der Waals surface area contributed by atoms with Gasteiger partial charge in [0.1, 0.15) is 24.7 Å². The molecule has 2 amide bonds. The zero-order chi connectivity index (χ0) is 29.7. The molecule has 12 nitrogen and oxygen atoms in total. The molecule has 0 bridgehead atoms. The predicted molar refractivity (Wildman–Crippen MR) is 146 cm³/mol. The fraction of sp³-hybridized carbons (Fsp3) is 0.267. The van der Waals surface area contributed by atoms with Gasteiger partial charge in [0.15, 0.2) is 25.5 Å². The predicted octanol–water partition coefficient (Wildman–Crippen LogP) is 1.42. The molecule has 1 aliphatic heterocycles. The number of esters is 2. The van der Waals surface area contributed by atoms with Crippen molar-refractivity contribution in [3.8, 4) is 11.5 Å². The monoisotopic (exact) mass is 578 g/mol. The molecule has 3 aromatic carbocycles. The largest absolute Gasteiger partial charge is 0.484 e. The Morgan fingerprint density at radius 1 is 0.786 bits per heavy atom. The number of likely N-dealkylation sites (tertiary alicyclic amines) is 1. The molecular formula is C30H30N2O10. The van der Waals surface area contributed by atoms with E-state index in [0.717, 1.165) is 4.90 Å². The molecule has 42 heavy (non-hydrogen) atoms. The summed E-state index contributed by atoms with van der Waals surface area (Å²) in [6, 6.07) is 24.9. The second kappa shape index (κ2) is 15.2. The van der Waals surface area contributed by atoms with Gasteiger partial charge in [-0.05, 0) is 29.8 Å². The van der Waals surface area contributed by atoms with Crippen molar-refractivity contribution in [1.82, 2.24) is 10.2 Å². The molecule has 12 heteroatoms. The van der Waals surface area contributed by atoms with Gasteiger partial charge in [0.25, 0.3) is 11.8 Å². The van der Waals surface area contributed by atoms with Gasteiger partial charge in [-0.15, -0.1) is 0 Å². The lowest BCUT2D eigenvalue weighted by atomic mass is 10.0. The SMILES string of the molecule is O=C(COc1ccccc1)N[C@H]1C(=O)N(C(O)C(=O)OCc2ccccc2)[C@H]1OCCOC(=O)COc1ccccc1. The summed E-state index contributed by atoms with van der Waals surface area (Å²) in [6.07, 6.45) is -3.25. The van der Waals surface area contributed by atoms with Gasteiger partial charge < -0.3 is 34.1 Å². The van der Waals surface area contributed by atoms with Crippen LogP contribution < -0.4 is 14.8 Å². The first-order valence-electron chi connectivity index (χ1n) is 13.1. The van der Waals surface area contributed by atoms with Crippen molar-refractivity contribution in [3.63, 3.8) is 0 Å². The van der Waals surface area contributed by atoms with Crippen LogP contribution in [0.25, 0.3) is 0 Å². The molecule has 220 valence electrons. The third-order valence-electron chi connectivity index (χ3n) is 5.94. The van der Waals surface area contributed by atoms with Crippen LogP contribution in [0.3, 0.4) is 0 Å². The van der Waals surface area contributed by atoms with Gasteiger partial charge in [0.2, 0.25) is 6.23 Å². The van der Waals surface area contributed by atoms with Crippen molar-refractivity contribution in [2.24, 2.45) is 0 Å². The molecule has 0 saturated carbocycles. The number of nitrogens with zero attached hydrogens (tertiary/aromatic N) is 1. The van der Waals surface area contributed by atoms with Crippen LogP contribution in [0.2, 0.25) is 0 Å². The first-order chi connectivity index (χ1) is 20.4. The second-order valence-corrected chi connectivity index (χ2v) is 8.94. The van der Waals surface area contributed by atoms with Gasteiger partial charge in [-0.1, -0.05) is 66.7 Å². The zero-order valence-electron chi connectivity index (χ0n) is 22.5. The number of aliphatic hydroxyl groups excluding tert-OH is 1. The molecule has 1 heterocycles. The van der Waals surface area contributed by atoms with Crippen molar-refractivity contribution < 1.29 is 48.0 Å². The molecule has 4 rings (SSSR count). The zero-order valence-corrected chi connectivity index (χ0v) is 22.5. The van der Waals surface area contributed by atoms with E-state index >= 15 is 0 Å². The minimum absolute atomic E-state index is 0.123. The fourth-order valence-corrected chi connectivity index (χ4v) is 3.88. The van der Waals surface area contributed by atoms with Gasteiger partial charge in [-0.25, -0.2) is 9.59 Å². The average molecular weight is 579 g/mol. The third kappa shape index (κ3) is 8.53. The summed E-state index contributed by atoms with van der Waals surface area (Å²) in [6.45, 7) is -1.28. The number of hydrogen-bond donors (Lipinski definition) is 2. The third-order valence-corrected chi connectivity index (χ3v) is 5.94. The Labute approximate surface area is 241 Å². The van der Waals surface area contributed by atoms with Crippen LogP contribution in [0.15, 0.2) is 91.0 Å². The van der Waals surface area contributed by atoms with Crippen LogP contribution in [-0.2, 0) is 40.0 Å². The van der Waals surface area contributed by atoms with E-state index in [1.54, 1.807) is 84.9 Å². The Bertz CT molecular complexity index is 1320. The lowest BCUT2D eigenvalue weighted by Gasteiger charge is -2.47. The summed E-state index contributed by atoms with van der Waals surface area (Å²) in [7, 11) is 0. The summed E-state index contributed by atoms with van der Waals surface area (Å²) < 4.78 is 26.6. The van der Waals surface area contributed by atoms with Crippen molar-refractivity contribution in [2.45, 2.75) is 25.1 Å². The van der Waals surface area contributed by atoms with E-state index < -0.39 is 42.3 Å². The van der Waals surface area contributed by atoms with Crippen molar-refractivity contribution in [2.75, 3.05) is 26.4 Å². The van der Waals surface area contributed by atoms with Gasteiger partial charge in [-0.3, -0.25) is 14.5 Å². The molecule has 3 atom stereocenters. The van der Waals surface area contributed by atoms with Gasteiger partial charge in [0.05, 0.1) is 6.61 Å². The highest BCUT2D eigenvalue weighted by atomic mass is 16.6. The van der Waals surface area contributed by atoms with Crippen molar-refractivity contribution >= 4 is 23.8 Å². The second-order valence-electron chi connectivity index (χ2n) is 8.94. The van der Waals surface area contributed by atoms with E-state index in [2.05, 4.69) is 5.32 Å². The summed E-state index contributed by atoms with van der Waals surface area (Å²) in [5.74, 6) is -2.19. The smallest absolute Gasteiger partial charge is 0.356 e. The minimum atomic E-state index is -2.00. The Morgan fingerprint density at radius 3 is 1.98 bits per heavy atom. The highest BCUT2D eigenvalue weighted by molar-refractivity contribution is 5.95. The first kappa shape index (κ1) is 30.0. The van der Waals surface area contributed by atoms with Crippen LogP contribution >= 0.6 is 0 Å². The van der Waals surface area contributed by atoms with E-state index in [9.17, 15) is 24.3 Å². The van der Waals surface area contributed by atoms with Crippen LogP contribution in [0.5, 0.6) is 11.5 Å². The molecular weight excluding hydrogens is 548 g/mol. The summed E-state index contributed by atoms with van der Waals surface area (Å²) in [4.78, 5) is 50.7. The van der Waals surface area contributed by atoms with E-state index in [1.807, 2.05) is 6.07 Å². The molecule has 0 radical (unpaired) electrons. The summed E-state index contributed by atoms with van der Waals surface area (Å²) in [5, 5.41) is 13.1. The van der Waals surface area contributed by atoms with Gasteiger partial charge >= 0.3 is 11.9 Å². The van der Waals surface area contributed by atoms with E-state index in [4.69, 9.17) is 23.7 Å². The maximum absolute atomic E-state index is 12.9. The maximum atomic E-state index is 12.9. The molecule has 0 aliphatic carbocycles. The molecule has 1 unspecified atom stereocenters. The number of para-hydroxylation sites is 2. The van der Waals surface area contributed by atoms with Crippen molar-refractivity contribution in [1.29, 1.82) is 0 Å². The van der Waals surface area contributed by atoms with Crippen LogP contribution in [0.1, 0.15) is 5.56 Å². The Kier molecular flexibility index (Phi) is 10.8. The molecule has 2 N–H and O–H groups in total. The number of ether oxygens (including phenoxy) is 5. The highest BCUT2D eigenvalue weighted by Crippen LogP contribution is 2.25. The molecule has 1 aliphatic rings. The van der Waals surface area contributed by atoms with E-state index in [-0.39, 0.29) is 33.0 Å². The first-order valence-corrected chi connectivity index (χ1v) is 13.1. The van der Waals surface area contributed by atoms with Crippen molar-refractivity contribution in [3.05, 3.63) is 96.6 Å². The van der Waals surface area contributed by atoms with Crippen LogP contribution in [0, 0.1) is 0 Å². The van der Waals surface area contributed by atoms with Gasteiger partial charge in [-0.2, -0.15) is 0 Å². The standard InChI is InChI=1S/C30H30N2O10/c33-24(19-40-22-12-6-2-7-13-22)31-26-27(35)32(28(36)30(37)42-18-21-10-4-1-5-11-21)29(26)39-17-16-38-25(34)20-41-23-14-8-3-9-15-23/h1-15,26,28-29,36H,16-20H2,(H,31,33)/t26-,28?,29-/m0/s1. The minimum Gasteiger partial charge on any atom is -0.484 e. The van der Waals surface area contributed by atoms with E-state index in [0.29, 0.717) is 17.1 Å². The normalized spacial score (nSPS) is 16.5. The average Bonchev–Trinajstić information content (AvgIpc) is 3.03. The topological polar surface area (TPSA) is 150 Å². The van der Waals surface area contributed by atoms with Gasteiger partial charge in [0, 0.05) is 0 Å². The number of nitrogens with one attached hydrogen (secondary N) is 1. The molecule has 1 saturated heterocycles. The Hall–Kier alpha value is -4.94. The number of aliphatic hydroxyl groups is 1. The number of hydrogen-bond acceptors (Lipinski definition) is 10. The number of amides is 2. The van der Waals surface area contributed by atoms with E-state index in [1.165, 1.54) is 0 Å². The maximum Gasteiger partial charge on any atom is 0.356 e. The fourth-order valence-electron chi connectivity index (χ4n) is 3.88. The van der Waals surface area contributed by atoms with Crippen LogP contribution in [-0.4, -0.2) is 78.7 Å². The number of carbonyl (C=O) groups is 4. The summed E-state index contributed by atoms with van der Waals surface area (Å²) in [5.41, 5.74) is 0.683. The molecule has 0 spiro atoms. The summed E-state index contributed by atoms with van der Waals surface area (Å²) >= 11 is 0.